The summed E-state index contributed by atoms with van der Waals surface area (Å²) in [7, 11) is 2.12. The second-order valence-corrected chi connectivity index (χ2v) is 6.33. The van der Waals surface area contributed by atoms with E-state index in [-0.39, 0.29) is 0 Å². The zero-order valence-electron chi connectivity index (χ0n) is 11.2. The lowest BCUT2D eigenvalue weighted by atomic mass is 10.2. The molecule has 100 valence electrons. The van der Waals surface area contributed by atoms with E-state index in [2.05, 4.69) is 46.4 Å². The van der Waals surface area contributed by atoms with Crippen molar-refractivity contribution in [3.05, 3.63) is 40.9 Å². The van der Waals surface area contributed by atoms with Crippen molar-refractivity contribution in [1.82, 2.24) is 10.2 Å². The minimum absolute atomic E-state index is 0.884. The summed E-state index contributed by atoms with van der Waals surface area (Å²) in [6, 6.07) is 10.5. The first kappa shape index (κ1) is 12.6. The van der Waals surface area contributed by atoms with Crippen LogP contribution in [-0.2, 0) is 6.42 Å². The van der Waals surface area contributed by atoms with Gasteiger partial charge in [-0.25, -0.2) is 0 Å². The van der Waals surface area contributed by atoms with Crippen molar-refractivity contribution in [2.45, 2.75) is 25.7 Å². The van der Waals surface area contributed by atoms with Crippen LogP contribution in [-0.4, -0.2) is 23.8 Å². The third kappa shape index (κ3) is 3.53. The molecule has 0 aliphatic heterocycles. The lowest BCUT2D eigenvalue weighted by Gasteiger charge is -2.13. The Labute approximate surface area is 118 Å². The summed E-state index contributed by atoms with van der Waals surface area (Å²) in [4.78, 5) is 2.24. The average molecular weight is 273 g/mol. The van der Waals surface area contributed by atoms with E-state index in [1.54, 1.807) is 11.3 Å². The van der Waals surface area contributed by atoms with Gasteiger partial charge in [-0.2, -0.15) is 0 Å². The van der Waals surface area contributed by atoms with Crippen LogP contribution in [0.2, 0.25) is 0 Å². The molecule has 0 radical (unpaired) electrons. The summed E-state index contributed by atoms with van der Waals surface area (Å²) in [5.74, 6) is 0.971. The van der Waals surface area contributed by atoms with Crippen LogP contribution in [0.15, 0.2) is 30.3 Å². The summed E-state index contributed by atoms with van der Waals surface area (Å²) in [6.07, 6.45) is 5.02. The fourth-order valence-electron chi connectivity index (χ4n) is 2.12. The monoisotopic (exact) mass is 273 g/mol. The summed E-state index contributed by atoms with van der Waals surface area (Å²) in [5.41, 5.74) is 1.30. The Morgan fingerprint density at radius 2 is 2.00 bits per heavy atom. The van der Waals surface area contributed by atoms with Gasteiger partial charge in [0.2, 0.25) is 5.13 Å². The van der Waals surface area contributed by atoms with E-state index in [0.29, 0.717) is 0 Å². The van der Waals surface area contributed by atoms with Gasteiger partial charge in [-0.3, -0.25) is 0 Å². The zero-order valence-corrected chi connectivity index (χ0v) is 12.1. The van der Waals surface area contributed by atoms with Gasteiger partial charge < -0.3 is 4.90 Å². The van der Waals surface area contributed by atoms with E-state index in [4.69, 9.17) is 0 Å². The molecule has 0 spiro atoms. The maximum Gasteiger partial charge on any atom is 0.208 e. The molecule has 19 heavy (non-hydrogen) atoms. The molecule has 0 atom stereocenters. The normalized spacial score (nSPS) is 14.6. The maximum atomic E-state index is 4.31. The quantitative estimate of drug-likeness (QED) is 0.808. The number of aromatic nitrogens is 2. The molecule has 0 saturated heterocycles. The van der Waals surface area contributed by atoms with Crippen LogP contribution in [0.3, 0.4) is 0 Å². The highest BCUT2D eigenvalue weighted by Gasteiger charge is 2.21. The van der Waals surface area contributed by atoms with Crippen LogP contribution in [0.25, 0.3) is 0 Å². The Hall–Kier alpha value is -1.42. The average Bonchev–Trinajstić information content (AvgIpc) is 3.16. The van der Waals surface area contributed by atoms with Crippen molar-refractivity contribution in [1.29, 1.82) is 0 Å². The number of benzene rings is 1. The first-order chi connectivity index (χ1) is 9.31. The second-order valence-electron chi connectivity index (χ2n) is 5.29. The van der Waals surface area contributed by atoms with Gasteiger partial charge in [0.25, 0.3) is 0 Å². The van der Waals surface area contributed by atoms with E-state index in [0.717, 1.165) is 29.0 Å². The summed E-state index contributed by atoms with van der Waals surface area (Å²) in [6.45, 7) is 1.10. The Morgan fingerprint density at radius 1 is 1.21 bits per heavy atom. The van der Waals surface area contributed by atoms with Crippen molar-refractivity contribution >= 4 is 16.5 Å². The van der Waals surface area contributed by atoms with Gasteiger partial charge in [-0.05, 0) is 17.9 Å². The first-order valence-electron chi connectivity index (χ1n) is 6.89. The molecule has 1 fully saturated rings. The number of anilines is 1. The molecular weight excluding hydrogens is 254 g/mol. The predicted octanol–water partition coefficient (Wildman–Crippen LogP) is 3.37. The molecule has 3 rings (SSSR count). The molecule has 1 aromatic heterocycles. The van der Waals surface area contributed by atoms with E-state index in [1.807, 2.05) is 6.07 Å². The molecule has 1 aliphatic rings. The molecule has 0 amide bonds. The first-order valence-corrected chi connectivity index (χ1v) is 7.70. The molecule has 0 bridgehead atoms. The fraction of sp³-hybridized carbons (Fsp3) is 0.467. The van der Waals surface area contributed by atoms with Crippen LogP contribution in [0, 0.1) is 5.92 Å². The highest BCUT2D eigenvalue weighted by Crippen LogP contribution is 2.33. The highest BCUT2D eigenvalue weighted by molar-refractivity contribution is 7.15. The van der Waals surface area contributed by atoms with Gasteiger partial charge in [0.1, 0.15) is 5.01 Å². The number of nitrogens with zero attached hydrogens (tertiary/aromatic N) is 3. The van der Waals surface area contributed by atoms with Crippen LogP contribution in [0.1, 0.15) is 29.8 Å². The SMILES string of the molecule is CN(CCC1CC1)c1nnc(Cc2ccccc2)s1. The summed E-state index contributed by atoms with van der Waals surface area (Å²) < 4.78 is 0. The molecule has 4 heteroatoms. The molecule has 1 heterocycles. The van der Waals surface area contributed by atoms with Gasteiger partial charge in [0.05, 0.1) is 0 Å². The highest BCUT2D eigenvalue weighted by atomic mass is 32.1. The minimum atomic E-state index is 0.884. The Bertz CT molecular complexity index is 519. The Morgan fingerprint density at radius 3 is 2.74 bits per heavy atom. The van der Waals surface area contributed by atoms with Gasteiger partial charge in [0, 0.05) is 20.0 Å². The van der Waals surface area contributed by atoms with Crippen LogP contribution in [0.4, 0.5) is 5.13 Å². The molecule has 3 nitrogen and oxygen atoms in total. The van der Waals surface area contributed by atoms with E-state index >= 15 is 0 Å². The molecule has 1 aromatic carbocycles. The third-order valence-electron chi connectivity index (χ3n) is 3.55. The minimum Gasteiger partial charge on any atom is -0.350 e. The number of hydrogen-bond acceptors (Lipinski definition) is 4. The molecule has 0 unspecified atom stereocenters. The standard InChI is InChI=1S/C15H19N3S/c1-18(10-9-12-7-8-12)15-17-16-14(19-15)11-13-5-3-2-4-6-13/h2-6,12H,7-11H2,1H3. The zero-order chi connectivity index (χ0) is 13.1. The Kier molecular flexibility index (Phi) is 3.78. The number of rotatable bonds is 6. The Balaban J connectivity index is 1.58. The van der Waals surface area contributed by atoms with Crippen LogP contribution >= 0.6 is 11.3 Å². The van der Waals surface area contributed by atoms with E-state index < -0.39 is 0 Å². The lowest BCUT2D eigenvalue weighted by molar-refractivity contribution is 0.707. The fourth-order valence-corrected chi connectivity index (χ4v) is 2.98. The third-order valence-corrected chi connectivity index (χ3v) is 4.59. The molecular formula is C15H19N3S. The van der Waals surface area contributed by atoms with Crippen molar-refractivity contribution in [3.8, 4) is 0 Å². The van der Waals surface area contributed by atoms with Crippen molar-refractivity contribution in [2.24, 2.45) is 5.92 Å². The van der Waals surface area contributed by atoms with Crippen molar-refractivity contribution in [3.63, 3.8) is 0 Å². The van der Waals surface area contributed by atoms with Crippen molar-refractivity contribution in [2.75, 3.05) is 18.5 Å². The summed E-state index contributed by atoms with van der Waals surface area (Å²) in [5, 5.41) is 10.8. The lowest BCUT2D eigenvalue weighted by Crippen LogP contribution is -2.18. The molecule has 1 saturated carbocycles. The largest absolute Gasteiger partial charge is 0.350 e. The predicted molar refractivity (Wildman–Crippen MR) is 79.8 cm³/mol. The van der Waals surface area contributed by atoms with E-state index in [9.17, 15) is 0 Å². The topological polar surface area (TPSA) is 29.0 Å². The molecule has 1 aliphatic carbocycles. The van der Waals surface area contributed by atoms with Gasteiger partial charge in [0.15, 0.2) is 0 Å². The number of hydrogen-bond donors (Lipinski definition) is 0. The second kappa shape index (κ2) is 5.70. The summed E-state index contributed by atoms with van der Waals surface area (Å²) >= 11 is 1.71. The molecule has 0 N–H and O–H groups in total. The van der Waals surface area contributed by atoms with Gasteiger partial charge in [-0.15, -0.1) is 10.2 Å². The van der Waals surface area contributed by atoms with Crippen LogP contribution in [0.5, 0.6) is 0 Å². The maximum absolute atomic E-state index is 4.31. The van der Waals surface area contributed by atoms with Gasteiger partial charge in [-0.1, -0.05) is 54.5 Å². The van der Waals surface area contributed by atoms with Gasteiger partial charge >= 0.3 is 0 Å². The van der Waals surface area contributed by atoms with E-state index in [1.165, 1.54) is 24.8 Å². The smallest absolute Gasteiger partial charge is 0.208 e. The van der Waals surface area contributed by atoms with Crippen molar-refractivity contribution < 1.29 is 0 Å². The molecule has 2 aromatic rings. The van der Waals surface area contributed by atoms with Crippen LogP contribution < -0.4 is 4.90 Å².